The summed E-state index contributed by atoms with van der Waals surface area (Å²) < 4.78 is 1.76. The van der Waals surface area contributed by atoms with Crippen LogP contribution in [0.25, 0.3) is 11.1 Å². The molecule has 0 amide bonds. The van der Waals surface area contributed by atoms with Gasteiger partial charge in [0.15, 0.2) is 0 Å². The molecule has 1 aromatic carbocycles. The molecule has 0 fully saturated rings. The number of aromatic nitrogens is 2. The van der Waals surface area contributed by atoms with Crippen LogP contribution in [0.5, 0.6) is 0 Å². The zero-order valence-corrected chi connectivity index (χ0v) is 16.8. The number of hydrogen-bond acceptors (Lipinski definition) is 3. The third kappa shape index (κ3) is 5.11. The fraction of sp³-hybridized carbons (Fsp3) is 0.545. The first kappa shape index (κ1) is 20.0. The van der Waals surface area contributed by atoms with Gasteiger partial charge in [-0.15, -0.1) is 0 Å². The van der Waals surface area contributed by atoms with Crippen LogP contribution in [0.2, 0.25) is 0 Å². The monoisotopic (exact) mass is 352 g/mol. The minimum atomic E-state index is 0.718. The van der Waals surface area contributed by atoms with Crippen molar-refractivity contribution < 1.29 is 0 Å². The first-order valence-electron chi connectivity index (χ1n) is 9.87. The lowest BCUT2D eigenvalue weighted by molar-refractivity contribution is 0.624. The van der Waals surface area contributed by atoms with Crippen LogP contribution < -0.4 is 4.90 Å². The molecule has 1 aromatic heterocycles. The zero-order valence-electron chi connectivity index (χ0n) is 16.8. The largest absolute Gasteiger partial charge is 0.374 e. The Hall–Kier alpha value is -2.28. The number of benzene rings is 1. The van der Waals surface area contributed by atoms with Gasteiger partial charge in [-0.3, -0.25) is 4.68 Å². The Kier molecular flexibility index (Phi) is 7.72. The van der Waals surface area contributed by atoms with Gasteiger partial charge in [0.25, 0.3) is 0 Å². The van der Waals surface area contributed by atoms with Gasteiger partial charge in [0.2, 0.25) is 0 Å². The van der Waals surface area contributed by atoms with E-state index in [0.717, 1.165) is 29.7 Å². The zero-order chi connectivity index (χ0) is 18.9. The highest BCUT2D eigenvalue weighted by atomic mass is 15.2. The molecular formula is C22H32N4. The molecule has 0 radical (unpaired) electrons. The molecule has 0 saturated carbocycles. The number of fused-ring (bicyclic) bond motifs is 1. The summed E-state index contributed by atoms with van der Waals surface area (Å²) in [6.45, 7) is 5.54. The maximum absolute atomic E-state index is 9.31. The maximum Gasteiger partial charge on any atom is 0.0998 e. The molecule has 140 valence electrons. The third-order valence-electron chi connectivity index (χ3n) is 4.94. The van der Waals surface area contributed by atoms with E-state index in [1.165, 1.54) is 49.8 Å². The highest BCUT2D eigenvalue weighted by Crippen LogP contribution is 2.34. The molecule has 0 unspecified atom stereocenters. The molecule has 4 nitrogen and oxygen atoms in total. The van der Waals surface area contributed by atoms with Crippen LogP contribution >= 0.6 is 0 Å². The summed E-state index contributed by atoms with van der Waals surface area (Å²) in [5.41, 5.74) is 5.20. The molecule has 2 heterocycles. The predicted molar refractivity (Wildman–Crippen MR) is 109 cm³/mol. The van der Waals surface area contributed by atoms with Crippen molar-refractivity contribution in [3.05, 3.63) is 35.7 Å². The van der Waals surface area contributed by atoms with Gasteiger partial charge in [-0.2, -0.15) is 10.4 Å². The van der Waals surface area contributed by atoms with Crippen molar-refractivity contribution in [3.63, 3.8) is 0 Å². The van der Waals surface area contributed by atoms with E-state index in [4.69, 9.17) is 0 Å². The van der Waals surface area contributed by atoms with Gasteiger partial charge in [0, 0.05) is 43.7 Å². The maximum atomic E-state index is 9.31. The Morgan fingerprint density at radius 2 is 1.77 bits per heavy atom. The van der Waals surface area contributed by atoms with Crippen molar-refractivity contribution in [1.29, 1.82) is 5.26 Å². The molecule has 0 saturated heterocycles. The minimum Gasteiger partial charge on any atom is -0.374 e. The minimum absolute atomic E-state index is 0.718. The van der Waals surface area contributed by atoms with E-state index in [-0.39, 0.29) is 0 Å². The second kappa shape index (κ2) is 10.0. The van der Waals surface area contributed by atoms with Crippen molar-refractivity contribution >= 4 is 5.69 Å². The van der Waals surface area contributed by atoms with E-state index < -0.39 is 0 Å². The van der Waals surface area contributed by atoms with Crippen LogP contribution in [0.3, 0.4) is 0 Å². The number of anilines is 1. The number of hydrogen-bond donors (Lipinski definition) is 0. The third-order valence-corrected chi connectivity index (χ3v) is 4.94. The van der Waals surface area contributed by atoms with Crippen LogP contribution in [0.15, 0.2) is 24.5 Å². The van der Waals surface area contributed by atoms with Gasteiger partial charge in [-0.1, -0.05) is 52.4 Å². The van der Waals surface area contributed by atoms with Gasteiger partial charge >= 0.3 is 0 Å². The van der Waals surface area contributed by atoms with Crippen molar-refractivity contribution in [2.45, 2.75) is 58.8 Å². The first-order chi connectivity index (χ1) is 12.6. The Bertz CT molecular complexity index is 733. The number of unbranched alkanes of at least 4 members (excludes halogenated alkanes) is 5. The predicted octanol–water partition coefficient (Wildman–Crippen LogP) is 5.32. The molecule has 26 heavy (non-hydrogen) atoms. The lowest BCUT2D eigenvalue weighted by Crippen LogP contribution is -2.12. The van der Waals surface area contributed by atoms with Gasteiger partial charge in [0.1, 0.15) is 0 Å². The quantitative estimate of drug-likeness (QED) is 0.661. The molecule has 0 atom stereocenters. The summed E-state index contributed by atoms with van der Waals surface area (Å²) in [5, 5.41) is 13.5. The second-order valence-corrected chi connectivity index (χ2v) is 7.13. The average molecular weight is 353 g/mol. The Labute approximate surface area is 158 Å². The van der Waals surface area contributed by atoms with E-state index in [9.17, 15) is 5.26 Å². The van der Waals surface area contributed by atoms with Crippen LogP contribution in [0.1, 0.15) is 63.5 Å². The summed E-state index contributed by atoms with van der Waals surface area (Å²) in [6, 6.07) is 6.41. The molecule has 0 spiro atoms. The number of likely N-dealkylation sites (N-methyl/N-ethyl adjacent to an activating group) is 1. The number of rotatable bonds is 6. The molecule has 2 aromatic rings. The summed E-state index contributed by atoms with van der Waals surface area (Å²) in [5.74, 6) is 0. The van der Waals surface area contributed by atoms with Crippen molar-refractivity contribution in [2.75, 3.05) is 18.5 Å². The average Bonchev–Trinajstić information content (AvgIpc) is 3.24. The molecule has 3 rings (SSSR count). The number of aryl methyl sites for hydroxylation is 1. The molecule has 1 aliphatic heterocycles. The number of nitriles is 1. The van der Waals surface area contributed by atoms with E-state index in [1.54, 1.807) is 10.9 Å². The molecule has 0 bridgehead atoms. The summed E-state index contributed by atoms with van der Waals surface area (Å²) in [6.07, 6.45) is 13.3. The molecule has 4 heteroatoms. The summed E-state index contributed by atoms with van der Waals surface area (Å²) >= 11 is 0. The van der Waals surface area contributed by atoms with Crippen LogP contribution in [-0.4, -0.2) is 23.4 Å². The Balaban J connectivity index is 0.000000260. The van der Waals surface area contributed by atoms with Gasteiger partial charge in [-0.25, -0.2) is 0 Å². The van der Waals surface area contributed by atoms with Crippen molar-refractivity contribution in [3.8, 4) is 17.2 Å². The Morgan fingerprint density at radius 3 is 2.31 bits per heavy atom. The topological polar surface area (TPSA) is 44.9 Å². The molecular weight excluding hydrogens is 320 g/mol. The van der Waals surface area contributed by atoms with Crippen LogP contribution in [-0.2, 0) is 13.5 Å². The summed E-state index contributed by atoms with van der Waals surface area (Å²) in [7, 11) is 3.95. The van der Waals surface area contributed by atoms with Crippen LogP contribution in [0.4, 0.5) is 5.69 Å². The molecule has 1 aliphatic rings. The lowest BCUT2D eigenvalue weighted by atomic mass is 9.98. The highest BCUT2D eigenvalue weighted by molar-refractivity contribution is 5.76. The van der Waals surface area contributed by atoms with Gasteiger partial charge < -0.3 is 4.90 Å². The fourth-order valence-corrected chi connectivity index (χ4v) is 3.34. The van der Waals surface area contributed by atoms with Crippen molar-refractivity contribution in [1.82, 2.24) is 9.78 Å². The molecule has 0 N–H and O–H groups in total. The van der Waals surface area contributed by atoms with E-state index in [2.05, 4.69) is 43.0 Å². The number of nitrogens with zero attached hydrogens (tertiary/aromatic N) is 4. The SMILES string of the molecule is CCCCCCCC.CN1CCc2cc(-c3cnn(C)c3)c(C#N)cc21. The lowest BCUT2D eigenvalue weighted by Gasteiger charge is -2.13. The first-order valence-corrected chi connectivity index (χ1v) is 9.87. The van der Waals surface area contributed by atoms with E-state index in [0.29, 0.717) is 0 Å². The standard InChI is InChI=1S/C14H14N4.C8H18/c1-17-4-3-10-5-13(11(7-15)6-14(10)17)12-8-16-18(2)9-12;1-3-5-7-8-6-4-2/h5-6,8-9H,3-4H2,1-2H3;3-8H2,1-2H3. The van der Waals surface area contributed by atoms with Gasteiger partial charge in [0.05, 0.1) is 17.8 Å². The van der Waals surface area contributed by atoms with E-state index >= 15 is 0 Å². The summed E-state index contributed by atoms with van der Waals surface area (Å²) in [4.78, 5) is 2.20. The highest BCUT2D eigenvalue weighted by Gasteiger charge is 2.19. The smallest absolute Gasteiger partial charge is 0.0998 e. The van der Waals surface area contributed by atoms with E-state index in [1.807, 2.05) is 19.3 Å². The Morgan fingerprint density at radius 1 is 1.08 bits per heavy atom. The van der Waals surface area contributed by atoms with Crippen LogP contribution in [0, 0.1) is 11.3 Å². The fourth-order valence-electron chi connectivity index (χ4n) is 3.34. The molecule has 0 aliphatic carbocycles. The normalized spacial score (nSPS) is 12.3. The van der Waals surface area contributed by atoms with Gasteiger partial charge in [-0.05, 0) is 24.1 Å². The van der Waals surface area contributed by atoms with Crippen molar-refractivity contribution in [2.24, 2.45) is 7.05 Å². The second-order valence-electron chi connectivity index (χ2n) is 7.13.